The van der Waals surface area contributed by atoms with Crippen molar-refractivity contribution >= 4 is 28.9 Å². The third kappa shape index (κ3) is 1.90. The highest BCUT2D eigenvalue weighted by Gasteiger charge is 2.10. The maximum atomic E-state index is 9.00. The molecule has 0 heterocycles. The molecule has 1 aromatic rings. The van der Waals surface area contributed by atoms with E-state index in [-0.39, 0.29) is 6.61 Å². The average molecular weight is 220 g/mol. The first-order chi connectivity index (χ1) is 6.11. The zero-order chi connectivity index (χ0) is 10.0. The van der Waals surface area contributed by atoms with Gasteiger partial charge in [0.2, 0.25) is 0 Å². The van der Waals surface area contributed by atoms with Crippen LogP contribution in [0.15, 0.2) is 6.07 Å². The lowest BCUT2D eigenvalue weighted by molar-refractivity contribution is 0.282. The lowest BCUT2D eigenvalue weighted by atomic mass is 10.1. The van der Waals surface area contributed by atoms with E-state index in [4.69, 9.17) is 28.3 Å². The highest BCUT2D eigenvalue weighted by Crippen LogP contribution is 2.33. The first-order valence-electron chi connectivity index (χ1n) is 3.88. The molecular formula is C9H11Cl2NO. The molecule has 0 aliphatic heterocycles. The van der Waals surface area contributed by atoms with Crippen LogP contribution in [0.25, 0.3) is 0 Å². The summed E-state index contributed by atoms with van der Waals surface area (Å²) >= 11 is 11.9. The maximum Gasteiger partial charge on any atom is 0.0711 e. The van der Waals surface area contributed by atoms with Gasteiger partial charge in [0.1, 0.15) is 0 Å². The molecule has 0 unspecified atom stereocenters. The molecule has 1 aromatic carbocycles. The fraction of sp³-hybridized carbons (Fsp3) is 0.333. The minimum Gasteiger partial charge on any atom is -0.392 e. The van der Waals surface area contributed by atoms with Crippen LogP contribution in [0.1, 0.15) is 11.1 Å². The number of nitrogens with one attached hydrogen (secondary N) is 1. The number of aliphatic hydroxyl groups excluding tert-OH is 1. The number of rotatable bonds is 2. The van der Waals surface area contributed by atoms with E-state index in [1.807, 2.05) is 6.92 Å². The van der Waals surface area contributed by atoms with Crippen LogP contribution >= 0.6 is 23.2 Å². The Morgan fingerprint density at radius 1 is 1.46 bits per heavy atom. The molecule has 0 saturated carbocycles. The monoisotopic (exact) mass is 219 g/mol. The molecule has 4 heteroatoms. The van der Waals surface area contributed by atoms with E-state index in [2.05, 4.69) is 5.32 Å². The first-order valence-corrected chi connectivity index (χ1v) is 4.63. The summed E-state index contributed by atoms with van der Waals surface area (Å²) < 4.78 is 0. The van der Waals surface area contributed by atoms with Gasteiger partial charge in [0.25, 0.3) is 0 Å². The Morgan fingerprint density at radius 2 is 2.08 bits per heavy atom. The Hall–Kier alpha value is -0.440. The lowest BCUT2D eigenvalue weighted by Gasteiger charge is -2.11. The number of hydrogen-bond donors (Lipinski definition) is 2. The molecule has 0 spiro atoms. The lowest BCUT2D eigenvalue weighted by Crippen LogP contribution is -1.96. The molecule has 0 aliphatic carbocycles. The fourth-order valence-corrected chi connectivity index (χ4v) is 1.75. The van der Waals surface area contributed by atoms with Crippen LogP contribution in [-0.2, 0) is 6.61 Å². The molecule has 13 heavy (non-hydrogen) atoms. The summed E-state index contributed by atoms with van der Waals surface area (Å²) in [7, 11) is 1.80. The molecule has 2 nitrogen and oxygen atoms in total. The molecule has 72 valence electrons. The van der Waals surface area contributed by atoms with Gasteiger partial charge in [-0.15, -0.1) is 0 Å². The Kier molecular flexibility index (Phi) is 3.42. The van der Waals surface area contributed by atoms with Crippen molar-refractivity contribution in [1.82, 2.24) is 0 Å². The zero-order valence-electron chi connectivity index (χ0n) is 7.49. The van der Waals surface area contributed by atoms with E-state index in [9.17, 15) is 0 Å². The van der Waals surface area contributed by atoms with E-state index >= 15 is 0 Å². The Labute approximate surface area is 87.5 Å². The van der Waals surface area contributed by atoms with Gasteiger partial charge in [-0.25, -0.2) is 0 Å². The van der Waals surface area contributed by atoms with Crippen molar-refractivity contribution in [2.24, 2.45) is 0 Å². The third-order valence-corrected chi connectivity index (χ3v) is 2.83. The van der Waals surface area contributed by atoms with Gasteiger partial charge >= 0.3 is 0 Å². The van der Waals surface area contributed by atoms with E-state index in [0.717, 1.165) is 11.3 Å². The second-order valence-electron chi connectivity index (χ2n) is 2.73. The summed E-state index contributed by atoms with van der Waals surface area (Å²) in [6.07, 6.45) is 0. The first kappa shape index (κ1) is 10.6. The quantitative estimate of drug-likeness (QED) is 0.803. The van der Waals surface area contributed by atoms with Gasteiger partial charge in [-0.05, 0) is 18.6 Å². The largest absolute Gasteiger partial charge is 0.392 e. The van der Waals surface area contributed by atoms with Gasteiger partial charge in [0.05, 0.1) is 11.6 Å². The van der Waals surface area contributed by atoms with Crippen molar-refractivity contribution in [2.75, 3.05) is 12.4 Å². The van der Waals surface area contributed by atoms with Gasteiger partial charge < -0.3 is 10.4 Å². The molecule has 0 radical (unpaired) electrons. The van der Waals surface area contributed by atoms with Gasteiger partial charge in [-0.1, -0.05) is 23.2 Å². The molecule has 0 aliphatic rings. The summed E-state index contributed by atoms with van der Waals surface area (Å²) in [5.41, 5.74) is 2.37. The molecule has 0 saturated heterocycles. The van der Waals surface area contributed by atoms with Crippen molar-refractivity contribution in [1.29, 1.82) is 0 Å². The smallest absolute Gasteiger partial charge is 0.0711 e. The fourth-order valence-electron chi connectivity index (χ4n) is 1.18. The van der Waals surface area contributed by atoms with Crippen LogP contribution in [0, 0.1) is 6.92 Å². The van der Waals surface area contributed by atoms with Crippen LogP contribution in [0.4, 0.5) is 5.69 Å². The van der Waals surface area contributed by atoms with Crippen LogP contribution in [0.5, 0.6) is 0 Å². The third-order valence-electron chi connectivity index (χ3n) is 1.98. The van der Waals surface area contributed by atoms with Crippen molar-refractivity contribution in [3.05, 3.63) is 27.2 Å². The second kappa shape index (κ2) is 4.18. The number of aliphatic hydroxyl groups is 1. The summed E-state index contributed by atoms with van der Waals surface area (Å²) in [6.45, 7) is 1.74. The minimum absolute atomic E-state index is 0.136. The van der Waals surface area contributed by atoms with Crippen molar-refractivity contribution < 1.29 is 5.11 Å². The summed E-state index contributed by atoms with van der Waals surface area (Å²) in [4.78, 5) is 0. The standard InChI is InChI=1S/C9H11Cl2NO/c1-5-8(12-2)3-7(10)6(4-13)9(5)11/h3,12-13H,4H2,1-2H3. The molecule has 0 aromatic heterocycles. The van der Waals surface area contributed by atoms with Crippen molar-refractivity contribution in [3.8, 4) is 0 Å². The van der Waals surface area contributed by atoms with Crippen molar-refractivity contribution in [3.63, 3.8) is 0 Å². The summed E-state index contributed by atoms with van der Waals surface area (Å²) in [5.74, 6) is 0. The molecule has 0 atom stereocenters. The molecular weight excluding hydrogens is 209 g/mol. The predicted molar refractivity (Wildman–Crippen MR) is 56.7 cm³/mol. The molecule has 0 fully saturated rings. The Balaban J connectivity index is 3.37. The van der Waals surface area contributed by atoms with Crippen LogP contribution < -0.4 is 5.32 Å². The van der Waals surface area contributed by atoms with E-state index in [1.54, 1.807) is 13.1 Å². The van der Waals surface area contributed by atoms with Crippen LogP contribution in [0.2, 0.25) is 10.0 Å². The number of hydrogen-bond acceptors (Lipinski definition) is 2. The van der Waals surface area contributed by atoms with E-state index in [1.165, 1.54) is 0 Å². The molecule has 0 amide bonds. The SMILES string of the molecule is CNc1cc(Cl)c(CO)c(Cl)c1C. The maximum absolute atomic E-state index is 9.00. The molecule has 1 rings (SSSR count). The zero-order valence-corrected chi connectivity index (χ0v) is 9.00. The highest BCUT2D eigenvalue weighted by atomic mass is 35.5. The predicted octanol–water partition coefficient (Wildman–Crippen LogP) is 2.84. The summed E-state index contributed by atoms with van der Waals surface area (Å²) in [6, 6.07) is 1.76. The molecule has 0 bridgehead atoms. The number of benzene rings is 1. The average Bonchev–Trinajstić information content (AvgIpc) is 2.12. The Morgan fingerprint density at radius 3 is 2.54 bits per heavy atom. The molecule has 2 N–H and O–H groups in total. The van der Waals surface area contributed by atoms with Crippen LogP contribution in [-0.4, -0.2) is 12.2 Å². The number of halogens is 2. The van der Waals surface area contributed by atoms with Gasteiger partial charge in [0.15, 0.2) is 0 Å². The van der Waals surface area contributed by atoms with E-state index in [0.29, 0.717) is 15.6 Å². The van der Waals surface area contributed by atoms with Gasteiger partial charge in [0, 0.05) is 23.3 Å². The minimum atomic E-state index is -0.136. The second-order valence-corrected chi connectivity index (χ2v) is 3.52. The van der Waals surface area contributed by atoms with Gasteiger partial charge in [-0.2, -0.15) is 0 Å². The highest BCUT2D eigenvalue weighted by molar-refractivity contribution is 6.37. The summed E-state index contributed by atoms with van der Waals surface area (Å²) in [5, 5.41) is 13.0. The Bertz CT molecular complexity index is 326. The van der Waals surface area contributed by atoms with E-state index < -0.39 is 0 Å². The normalized spacial score (nSPS) is 10.2. The van der Waals surface area contributed by atoms with Crippen molar-refractivity contribution in [2.45, 2.75) is 13.5 Å². The van der Waals surface area contributed by atoms with Crippen LogP contribution in [0.3, 0.4) is 0 Å². The van der Waals surface area contributed by atoms with Gasteiger partial charge in [-0.3, -0.25) is 0 Å². The number of anilines is 1. The topological polar surface area (TPSA) is 32.3 Å².